The average Bonchev–Trinajstić information content (AvgIpc) is 2.94. The zero-order valence-electron chi connectivity index (χ0n) is 14.6. The van der Waals surface area contributed by atoms with E-state index in [1.165, 1.54) is 24.2 Å². The second kappa shape index (κ2) is 7.45. The fourth-order valence-electron chi connectivity index (χ4n) is 3.33. The lowest BCUT2D eigenvalue weighted by molar-refractivity contribution is 0.102. The van der Waals surface area contributed by atoms with Crippen LogP contribution in [0.15, 0.2) is 23.6 Å². The van der Waals surface area contributed by atoms with E-state index >= 15 is 0 Å². The summed E-state index contributed by atoms with van der Waals surface area (Å²) in [5.41, 5.74) is 3.91. The van der Waals surface area contributed by atoms with Crippen LogP contribution in [-0.2, 0) is 6.54 Å². The molecule has 1 aromatic heterocycles. The van der Waals surface area contributed by atoms with E-state index in [2.05, 4.69) is 27.5 Å². The third kappa shape index (κ3) is 4.22. The quantitative estimate of drug-likeness (QED) is 0.903. The minimum atomic E-state index is -0.0833. The van der Waals surface area contributed by atoms with Gasteiger partial charge in [-0.05, 0) is 50.8 Å². The molecular formula is C19H25N3OS. The van der Waals surface area contributed by atoms with Crippen LogP contribution >= 0.6 is 11.3 Å². The summed E-state index contributed by atoms with van der Waals surface area (Å²) in [6.45, 7) is 9.47. The number of benzene rings is 1. The Morgan fingerprint density at radius 1 is 1.42 bits per heavy atom. The normalized spacial score (nSPS) is 18.5. The highest BCUT2D eigenvalue weighted by atomic mass is 32.1. The molecule has 0 radical (unpaired) electrons. The summed E-state index contributed by atoms with van der Waals surface area (Å²) in [5, 5.41) is 5.67. The minimum Gasteiger partial charge on any atom is -0.298 e. The Morgan fingerprint density at radius 2 is 2.25 bits per heavy atom. The number of carbonyl (C=O) groups excluding carboxylic acids is 1. The van der Waals surface area contributed by atoms with Gasteiger partial charge in [0.25, 0.3) is 5.91 Å². The molecule has 1 aliphatic heterocycles. The fraction of sp³-hybridized carbons (Fsp3) is 0.474. The van der Waals surface area contributed by atoms with Crippen LogP contribution in [0.3, 0.4) is 0 Å². The van der Waals surface area contributed by atoms with Crippen LogP contribution in [0.25, 0.3) is 0 Å². The molecule has 1 amide bonds. The van der Waals surface area contributed by atoms with Crippen molar-refractivity contribution in [2.75, 3.05) is 18.4 Å². The third-order valence-electron chi connectivity index (χ3n) is 4.53. The Balaban J connectivity index is 1.62. The van der Waals surface area contributed by atoms with Crippen molar-refractivity contribution in [3.05, 3.63) is 46.0 Å². The summed E-state index contributed by atoms with van der Waals surface area (Å²) in [6.07, 6.45) is 2.59. The predicted molar refractivity (Wildman–Crippen MR) is 99.7 cm³/mol. The highest BCUT2D eigenvalue weighted by molar-refractivity contribution is 7.13. The second-order valence-corrected chi connectivity index (χ2v) is 7.76. The van der Waals surface area contributed by atoms with Crippen LogP contribution in [0.1, 0.15) is 46.9 Å². The summed E-state index contributed by atoms with van der Waals surface area (Å²) in [5.74, 6) is 0.682. The first-order valence-electron chi connectivity index (χ1n) is 8.56. The van der Waals surface area contributed by atoms with Gasteiger partial charge in [-0.15, -0.1) is 11.3 Å². The van der Waals surface area contributed by atoms with Crippen LogP contribution in [0.4, 0.5) is 5.13 Å². The number of carbonyl (C=O) groups is 1. The van der Waals surface area contributed by atoms with Gasteiger partial charge < -0.3 is 0 Å². The number of rotatable bonds is 4. The molecule has 4 nitrogen and oxygen atoms in total. The van der Waals surface area contributed by atoms with Crippen LogP contribution in [0.2, 0.25) is 0 Å². The topological polar surface area (TPSA) is 45.2 Å². The molecule has 0 saturated carbocycles. The SMILES string of the molecule is Cc1ccc(C(=O)Nc2nc(CN3CCC[C@@H](C)C3)cs2)c(C)c1. The molecule has 0 unspecified atom stereocenters. The van der Waals surface area contributed by atoms with Crippen molar-refractivity contribution in [1.82, 2.24) is 9.88 Å². The lowest BCUT2D eigenvalue weighted by Crippen LogP contribution is -2.33. The highest BCUT2D eigenvalue weighted by Crippen LogP contribution is 2.22. The number of nitrogens with one attached hydrogen (secondary N) is 1. The average molecular weight is 343 g/mol. The number of anilines is 1. The van der Waals surface area contributed by atoms with Gasteiger partial charge in [0.05, 0.1) is 5.69 Å². The van der Waals surface area contributed by atoms with Gasteiger partial charge >= 0.3 is 0 Å². The molecule has 128 valence electrons. The molecule has 1 fully saturated rings. The van der Waals surface area contributed by atoms with Gasteiger partial charge in [-0.1, -0.05) is 24.6 Å². The molecule has 1 aliphatic rings. The lowest BCUT2D eigenvalue weighted by atomic mass is 10.0. The van der Waals surface area contributed by atoms with Gasteiger partial charge in [0.15, 0.2) is 5.13 Å². The Kier molecular flexibility index (Phi) is 5.31. The van der Waals surface area contributed by atoms with E-state index in [1.54, 1.807) is 0 Å². The number of likely N-dealkylation sites (tertiary alicyclic amines) is 1. The summed E-state index contributed by atoms with van der Waals surface area (Å²) in [6, 6.07) is 5.87. The molecule has 0 aliphatic carbocycles. The largest absolute Gasteiger partial charge is 0.298 e. The number of piperidine rings is 1. The van der Waals surface area contributed by atoms with E-state index in [9.17, 15) is 4.79 Å². The maximum atomic E-state index is 12.4. The zero-order valence-corrected chi connectivity index (χ0v) is 15.4. The van der Waals surface area contributed by atoms with Gasteiger partial charge in [0.1, 0.15) is 0 Å². The molecule has 1 saturated heterocycles. The van der Waals surface area contributed by atoms with Gasteiger partial charge in [-0.25, -0.2) is 4.98 Å². The van der Waals surface area contributed by atoms with E-state index in [1.807, 2.05) is 32.0 Å². The first-order chi connectivity index (χ1) is 11.5. The minimum absolute atomic E-state index is 0.0833. The summed E-state index contributed by atoms with van der Waals surface area (Å²) < 4.78 is 0. The molecule has 1 N–H and O–H groups in total. The van der Waals surface area contributed by atoms with Crippen LogP contribution < -0.4 is 5.32 Å². The first-order valence-corrected chi connectivity index (χ1v) is 9.44. The van der Waals surface area contributed by atoms with E-state index in [0.29, 0.717) is 10.7 Å². The van der Waals surface area contributed by atoms with Gasteiger partial charge in [0, 0.05) is 24.0 Å². The van der Waals surface area contributed by atoms with E-state index in [4.69, 9.17) is 0 Å². The molecule has 0 bridgehead atoms. The molecule has 0 spiro atoms. The van der Waals surface area contributed by atoms with Crippen molar-refractivity contribution < 1.29 is 4.79 Å². The Labute approximate surface area is 147 Å². The highest BCUT2D eigenvalue weighted by Gasteiger charge is 2.18. The van der Waals surface area contributed by atoms with Gasteiger partial charge in [-0.3, -0.25) is 15.0 Å². The predicted octanol–water partition coefficient (Wildman–Crippen LogP) is 4.24. The maximum Gasteiger partial charge on any atom is 0.257 e. The number of aromatic nitrogens is 1. The van der Waals surface area contributed by atoms with Crippen molar-refractivity contribution in [1.29, 1.82) is 0 Å². The maximum absolute atomic E-state index is 12.4. The van der Waals surface area contributed by atoms with Crippen molar-refractivity contribution in [3.63, 3.8) is 0 Å². The van der Waals surface area contributed by atoms with Gasteiger partial charge in [-0.2, -0.15) is 0 Å². The molecule has 5 heteroatoms. The second-order valence-electron chi connectivity index (χ2n) is 6.90. The smallest absolute Gasteiger partial charge is 0.257 e. The van der Waals surface area contributed by atoms with E-state index < -0.39 is 0 Å². The number of amides is 1. The summed E-state index contributed by atoms with van der Waals surface area (Å²) >= 11 is 1.50. The molecule has 2 heterocycles. The van der Waals surface area contributed by atoms with Crippen molar-refractivity contribution in [3.8, 4) is 0 Å². The zero-order chi connectivity index (χ0) is 17.1. The van der Waals surface area contributed by atoms with Gasteiger partial charge in [0.2, 0.25) is 0 Å². The van der Waals surface area contributed by atoms with E-state index in [0.717, 1.165) is 42.4 Å². The Bertz CT molecular complexity index is 725. The Morgan fingerprint density at radius 3 is 3.00 bits per heavy atom. The monoisotopic (exact) mass is 343 g/mol. The van der Waals surface area contributed by atoms with E-state index in [-0.39, 0.29) is 5.91 Å². The van der Waals surface area contributed by atoms with Crippen molar-refractivity contribution >= 4 is 22.4 Å². The number of hydrogen-bond donors (Lipinski definition) is 1. The molecule has 24 heavy (non-hydrogen) atoms. The van der Waals surface area contributed by atoms with Crippen LogP contribution in [-0.4, -0.2) is 28.9 Å². The standard InChI is InChI=1S/C19H25N3OS/c1-13-6-7-17(15(3)9-13)18(23)21-19-20-16(12-24-19)11-22-8-4-5-14(2)10-22/h6-7,9,12,14H,4-5,8,10-11H2,1-3H3,(H,20,21,23)/t14-/m1/s1. The molecule has 2 aromatic rings. The summed E-state index contributed by atoms with van der Waals surface area (Å²) in [4.78, 5) is 19.5. The number of nitrogens with zero attached hydrogens (tertiary/aromatic N) is 2. The number of hydrogen-bond acceptors (Lipinski definition) is 4. The number of aryl methyl sites for hydroxylation is 2. The third-order valence-corrected chi connectivity index (χ3v) is 5.33. The van der Waals surface area contributed by atoms with Crippen molar-refractivity contribution in [2.45, 2.75) is 40.2 Å². The van der Waals surface area contributed by atoms with Crippen LogP contribution in [0, 0.1) is 19.8 Å². The molecule has 3 rings (SSSR count). The summed E-state index contributed by atoms with van der Waals surface area (Å²) in [7, 11) is 0. The van der Waals surface area contributed by atoms with Crippen LogP contribution in [0.5, 0.6) is 0 Å². The first kappa shape index (κ1) is 17.1. The lowest BCUT2D eigenvalue weighted by Gasteiger charge is -2.30. The van der Waals surface area contributed by atoms with Crippen molar-refractivity contribution in [2.24, 2.45) is 5.92 Å². The molecule has 1 atom stereocenters. The fourth-order valence-corrected chi connectivity index (χ4v) is 4.03. The number of thiazole rings is 1. The Hall–Kier alpha value is -1.72. The molecular weight excluding hydrogens is 318 g/mol. The molecule has 1 aromatic carbocycles.